The fraction of sp³-hybridized carbons (Fsp3) is 0.667. The molecule has 0 aromatic carbocycles. The van der Waals surface area contributed by atoms with E-state index >= 15 is 0 Å². The number of rotatable bonds is 5. The maximum absolute atomic E-state index is 11.2. The lowest BCUT2D eigenvalue weighted by Gasteiger charge is -2.18. The molecule has 0 radical (unpaired) electrons. The van der Waals surface area contributed by atoms with Crippen molar-refractivity contribution in [2.24, 2.45) is 0 Å². The second-order valence-electron chi connectivity index (χ2n) is 2.47. The molecule has 0 fully saturated rings. The number of carbonyl (C=O) groups excluding carboxylic acids is 1. The van der Waals surface area contributed by atoms with Crippen LogP contribution in [-0.4, -0.2) is 23.9 Å². The van der Waals surface area contributed by atoms with E-state index in [1.54, 1.807) is 6.08 Å². The van der Waals surface area contributed by atoms with Gasteiger partial charge in [-0.25, -0.2) is 0 Å². The van der Waals surface area contributed by atoms with E-state index in [4.69, 9.17) is 0 Å². The summed E-state index contributed by atoms with van der Waals surface area (Å²) in [5, 5.41) is 0. The predicted molar refractivity (Wildman–Crippen MR) is 47.4 cm³/mol. The number of hydrogen-bond donors (Lipinski definition) is 0. The quantitative estimate of drug-likeness (QED) is 0.554. The molecule has 0 atom stereocenters. The zero-order chi connectivity index (χ0) is 8.69. The predicted octanol–water partition coefficient (Wildman–Crippen LogP) is 1.82. The smallest absolute Gasteiger partial charge is 0.226 e. The Hall–Kier alpha value is -0.790. The molecule has 0 aromatic heterocycles. The zero-order valence-corrected chi connectivity index (χ0v) is 7.47. The largest absolute Gasteiger partial charge is 0.343 e. The zero-order valence-electron chi connectivity index (χ0n) is 7.47. The fourth-order valence-corrected chi connectivity index (χ4v) is 0.982. The summed E-state index contributed by atoms with van der Waals surface area (Å²) in [5.74, 6) is 0.185. The second kappa shape index (κ2) is 5.96. The molecule has 0 aliphatic rings. The summed E-state index contributed by atoms with van der Waals surface area (Å²) in [6.07, 6.45) is 3.14. The van der Waals surface area contributed by atoms with Gasteiger partial charge in [0.2, 0.25) is 5.91 Å². The van der Waals surface area contributed by atoms with Crippen LogP contribution in [0, 0.1) is 0 Å². The van der Waals surface area contributed by atoms with E-state index in [0.717, 1.165) is 19.5 Å². The van der Waals surface area contributed by atoms with Crippen molar-refractivity contribution in [3.05, 3.63) is 12.7 Å². The molecule has 0 N–H and O–H groups in total. The SMILES string of the molecule is C=CCC(=O)N(CC)CCC. The van der Waals surface area contributed by atoms with Crippen LogP contribution in [-0.2, 0) is 4.79 Å². The van der Waals surface area contributed by atoms with Gasteiger partial charge in [0.05, 0.1) is 0 Å². The number of nitrogens with zero attached hydrogens (tertiary/aromatic N) is 1. The maximum atomic E-state index is 11.2. The van der Waals surface area contributed by atoms with E-state index in [1.165, 1.54) is 0 Å². The third-order valence-corrected chi connectivity index (χ3v) is 1.55. The first-order chi connectivity index (χ1) is 5.26. The van der Waals surface area contributed by atoms with E-state index < -0.39 is 0 Å². The van der Waals surface area contributed by atoms with Gasteiger partial charge in [0, 0.05) is 19.5 Å². The maximum Gasteiger partial charge on any atom is 0.226 e. The molecule has 1 amide bonds. The molecular formula is C9H17NO. The van der Waals surface area contributed by atoms with Gasteiger partial charge in [0.1, 0.15) is 0 Å². The topological polar surface area (TPSA) is 20.3 Å². The summed E-state index contributed by atoms with van der Waals surface area (Å²) < 4.78 is 0. The Balaban J connectivity index is 3.80. The van der Waals surface area contributed by atoms with Gasteiger partial charge >= 0.3 is 0 Å². The highest BCUT2D eigenvalue weighted by molar-refractivity contribution is 5.77. The summed E-state index contributed by atoms with van der Waals surface area (Å²) in [5.41, 5.74) is 0. The molecule has 11 heavy (non-hydrogen) atoms. The minimum Gasteiger partial charge on any atom is -0.343 e. The third kappa shape index (κ3) is 3.81. The summed E-state index contributed by atoms with van der Waals surface area (Å²) in [7, 11) is 0. The Morgan fingerprint density at radius 3 is 2.55 bits per heavy atom. The van der Waals surface area contributed by atoms with Gasteiger partial charge in [0.25, 0.3) is 0 Å². The van der Waals surface area contributed by atoms with E-state index in [9.17, 15) is 4.79 Å². The van der Waals surface area contributed by atoms with Crippen LogP contribution in [0.25, 0.3) is 0 Å². The lowest BCUT2D eigenvalue weighted by Crippen LogP contribution is -2.30. The van der Waals surface area contributed by atoms with Crippen molar-refractivity contribution in [3.8, 4) is 0 Å². The van der Waals surface area contributed by atoms with E-state index in [-0.39, 0.29) is 5.91 Å². The molecule has 0 rings (SSSR count). The molecule has 64 valence electrons. The van der Waals surface area contributed by atoms with Crippen molar-refractivity contribution in [1.82, 2.24) is 4.90 Å². The lowest BCUT2D eigenvalue weighted by molar-refractivity contribution is -0.130. The Morgan fingerprint density at radius 1 is 1.55 bits per heavy atom. The van der Waals surface area contributed by atoms with Crippen LogP contribution >= 0.6 is 0 Å². The highest BCUT2D eigenvalue weighted by Gasteiger charge is 2.06. The minimum absolute atomic E-state index is 0.185. The van der Waals surface area contributed by atoms with Gasteiger partial charge in [-0.3, -0.25) is 4.79 Å². The first kappa shape index (κ1) is 10.2. The minimum atomic E-state index is 0.185. The number of hydrogen-bond acceptors (Lipinski definition) is 1. The van der Waals surface area contributed by atoms with Crippen LogP contribution in [0.4, 0.5) is 0 Å². The van der Waals surface area contributed by atoms with Gasteiger partial charge in [0.15, 0.2) is 0 Å². The van der Waals surface area contributed by atoms with Crippen LogP contribution in [0.15, 0.2) is 12.7 Å². The number of amides is 1. The molecule has 2 heteroatoms. The van der Waals surface area contributed by atoms with Crippen LogP contribution in [0.1, 0.15) is 26.7 Å². The Labute approximate surface area is 68.9 Å². The van der Waals surface area contributed by atoms with E-state index in [0.29, 0.717) is 6.42 Å². The van der Waals surface area contributed by atoms with Gasteiger partial charge in [-0.15, -0.1) is 6.58 Å². The average molecular weight is 155 g/mol. The first-order valence-electron chi connectivity index (χ1n) is 4.14. The van der Waals surface area contributed by atoms with Crippen molar-refractivity contribution in [2.75, 3.05) is 13.1 Å². The highest BCUT2D eigenvalue weighted by Crippen LogP contribution is 1.95. The van der Waals surface area contributed by atoms with Gasteiger partial charge in [-0.1, -0.05) is 13.0 Å². The molecule has 0 aromatic rings. The normalized spacial score (nSPS) is 9.27. The fourth-order valence-electron chi connectivity index (χ4n) is 0.982. The lowest BCUT2D eigenvalue weighted by atomic mass is 10.3. The molecule has 2 nitrogen and oxygen atoms in total. The Morgan fingerprint density at radius 2 is 2.18 bits per heavy atom. The van der Waals surface area contributed by atoms with Crippen LogP contribution in [0.3, 0.4) is 0 Å². The monoisotopic (exact) mass is 155 g/mol. The van der Waals surface area contributed by atoms with E-state index in [1.807, 2.05) is 11.8 Å². The molecule has 0 spiro atoms. The Kier molecular flexibility index (Phi) is 5.53. The summed E-state index contributed by atoms with van der Waals surface area (Å²) in [4.78, 5) is 13.1. The molecule has 0 saturated heterocycles. The van der Waals surface area contributed by atoms with Crippen LogP contribution < -0.4 is 0 Å². The molecule has 0 aliphatic heterocycles. The van der Waals surface area contributed by atoms with Gasteiger partial charge in [-0.05, 0) is 13.3 Å². The molecule has 0 heterocycles. The van der Waals surface area contributed by atoms with Crippen molar-refractivity contribution in [3.63, 3.8) is 0 Å². The molecule has 0 aliphatic carbocycles. The summed E-state index contributed by atoms with van der Waals surface area (Å²) >= 11 is 0. The van der Waals surface area contributed by atoms with Crippen LogP contribution in [0.5, 0.6) is 0 Å². The van der Waals surface area contributed by atoms with Crippen molar-refractivity contribution >= 4 is 5.91 Å². The summed E-state index contributed by atoms with van der Waals surface area (Å²) in [6, 6.07) is 0. The van der Waals surface area contributed by atoms with Gasteiger partial charge in [-0.2, -0.15) is 0 Å². The molecule has 0 unspecified atom stereocenters. The molecule has 0 bridgehead atoms. The Bertz CT molecular complexity index is 132. The van der Waals surface area contributed by atoms with Crippen molar-refractivity contribution in [2.45, 2.75) is 26.7 Å². The summed E-state index contributed by atoms with van der Waals surface area (Å²) in [6.45, 7) is 9.27. The van der Waals surface area contributed by atoms with Crippen LogP contribution in [0.2, 0.25) is 0 Å². The van der Waals surface area contributed by atoms with E-state index in [2.05, 4.69) is 13.5 Å². The standard InChI is InChI=1S/C9H17NO/c1-4-7-9(11)10(6-3)8-5-2/h4H,1,5-8H2,2-3H3. The highest BCUT2D eigenvalue weighted by atomic mass is 16.2. The van der Waals surface area contributed by atoms with Gasteiger partial charge < -0.3 is 4.90 Å². The molecular weight excluding hydrogens is 138 g/mol. The van der Waals surface area contributed by atoms with Crippen molar-refractivity contribution < 1.29 is 4.79 Å². The third-order valence-electron chi connectivity index (χ3n) is 1.55. The second-order valence-corrected chi connectivity index (χ2v) is 2.47. The van der Waals surface area contributed by atoms with Crippen molar-refractivity contribution in [1.29, 1.82) is 0 Å². The first-order valence-corrected chi connectivity index (χ1v) is 4.14. The average Bonchev–Trinajstić information content (AvgIpc) is 2.00. The molecule has 0 saturated carbocycles. The number of carbonyl (C=O) groups is 1.